The molecule has 0 saturated carbocycles. The van der Waals surface area contributed by atoms with Crippen LogP contribution in [0.3, 0.4) is 0 Å². The van der Waals surface area contributed by atoms with Gasteiger partial charge in [-0.3, -0.25) is 0 Å². The van der Waals surface area contributed by atoms with Gasteiger partial charge in [-0.05, 0) is 55.2 Å². The Morgan fingerprint density at radius 2 is 1.76 bits per heavy atom. The molecule has 1 saturated heterocycles. The predicted molar refractivity (Wildman–Crippen MR) is 116 cm³/mol. The fraction of sp³-hybridized carbons (Fsp3) is 0.318. The zero-order valence-electron chi connectivity index (χ0n) is 16.8. The number of anilines is 5. The second-order valence-electron chi connectivity index (χ2n) is 7.33. The Morgan fingerprint density at radius 3 is 2.52 bits per heavy atom. The number of hydrogen-bond donors (Lipinski definition) is 2. The van der Waals surface area contributed by atoms with Gasteiger partial charge in [0, 0.05) is 24.5 Å². The molecule has 0 spiro atoms. The van der Waals surface area contributed by atoms with Crippen molar-refractivity contribution in [3.8, 4) is 5.75 Å². The third-order valence-electron chi connectivity index (χ3n) is 5.20. The number of nitrogens with zero attached hydrogens (tertiary/aromatic N) is 4. The monoisotopic (exact) mass is 390 g/mol. The van der Waals surface area contributed by atoms with Gasteiger partial charge in [-0.15, -0.1) is 5.10 Å². The first kappa shape index (κ1) is 19.0. The van der Waals surface area contributed by atoms with Gasteiger partial charge in [-0.1, -0.05) is 19.1 Å². The quantitative estimate of drug-likeness (QED) is 0.637. The van der Waals surface area contributed by atoms with Gasteiger partial charge in [0.1, 0.15) is 5.75 Å². The Balaban J connectivity index is 1.42. The highest BCUT2D eigenvalue weighted by Crippen LogP contribution is 2.27. The minimum absolute atomic E-state index is 0.435. The lowest BCUT2D eigenvalue weighted by molar-refractivity contribution is 0.417. The number of aromatic nitrogens is 3. The summed E-state index contributed by atoms with van der Waals surface area (Å²) in [6.45, 7) is 4.57. The molecule has 2 aromatic carbocycles. The SMILES string of the molecule is COc1ccccc1Nc1cnnc(Nc2ccc(N3CCC(C)CC3)cc2)n1. The zero-order valence-corrected chi connectivity index (χ0v) is 16.8. The van der Waals surface area contributed by atoms with Crippen molar-refractivity contribution in [2.75, 3.05) is 35.7 Å². The maximum absolute atomic E-state index is 5.36. The Kier molecular flexibility index (Phi) is 5.74. The summed E-state index contributed by atoms with van der Waals surface area (Å²) < 4.78 is 5.36. The van der Waals surface area contributed by atoms with E-state index in [0.29, 0.717) is 11.8 Å². The third-order valence-corrected chi connectivity index (χ3v) is 5.20. The number of hydrogen-bond acceptors (Lipinski definition) is 7. The lowest BCUT2D eigenvalue weighted by atomic mass is 9.99. The van der Waals surface area contributed by atoms with Gasteiger partial charge < -0.3 is 20.3 Å². The molecule has 29 heavy (non-hydrogen) atoms. The Morgan fingerprint density at radius 1 is 1.00 bits per heavy atom. The molecule has 150 valence electrons. The molecule has 0 radical (unpaired) electrons. The lowest BCUT2D eigenvalue weighted by Gasteiger charge is -2.32. The van der Waals surface area contributed by atoms with E-state index in [1.165, 1.54) is 18.5 Å². The van der Waals surface area contributed by atoms with Crippen molar-refractivity contribution in [2.24, 2.45) is 5.92 Å². The van der Waals surface area contributed by atoms with Gasteiger partial charge in [-0.2, -0.15) is 10.1 Å². The van der Waals surface area contributed by atoms with Gasteiger partial charge in [0.05, 0.1) is 19.0 Å². The molecular weight excluding hydrogens is 364 g/mol. The molecule has 0 bridgehead atoms. The average Bonchev–Trinajstić information content (AvgIpc) is 2.76. The van der Waals surface area contributed by atoms with E-state index in [-0.39, 0.29) is 0 Å². The maximum atomic E-state index is 5.36. The van der Waals surface area contributed by atoms with Crippen LogP contribution in [-0.2, 0) is 0 Å². The first-order chi connectivity index (χ1) is 14.2. The molecule has 1 aliphatic heterocycles. The number of rotatable bonds is 6. The molecule has 0 amide bonds. The first-order valence-corrected chi connectivity index (χ1v) is 9.93. The molecule has 0 aliphatic carbocycles. The Labute approximate surface area is 171 Å². The Hall–Kier alpha value is -3.35. The van der Waals surface area contributed by atoms with Crippen LogP contribution in [0, 0.1) is 5.92 Å². The highest BCUT2D eigenvalue weighted by molar-refractivity contribution is 5.65. The summed E-state index contributed by atoms with van der Waals surface area (Å²) in [5.74, 6) is 2.59. The fourth-order valence-corrected chi connectivity index (χ4v) is 3.45. The van der Waals surface area contributed by atoms with E-state index < -0.39 is 0 Å². The van der Waals surface area contributed by atoms with Gasteiger partial charge in [0.25, 0.3) is 0 Å². The molecule has 0 atom stereocenters. The smallest absolute Gasteiger partial charge is 0.249 e. The van der Waals surface area contributed by atoms with Crippen LogP contribution in [0.1, 0.15) is 19.8 Å². The second-order valence-corrected chi connectivity index (χ2v) is 7.33. The zero-order chi connectivity index (χ0) is 20.1. The fourth-order valence-electron chi connectivity index (χ4n) is 3.45. The molecule has 1 aromatic heterocycles. The second kappa shape index (κ2) is 8.77. The molecule has 2 heterocycles. The molecule has 4 rings (SSSR count). The molecule has 3 aromatic rings. The van der Waals surface area contributed by atoms with Crippen LogP contribution < -0.4 is 20.3 Å². The summed E-state index contributed by atoms with van der Waals surface area (Å²) in [5.41, 5.74) is 3.00. The van der Waals surface area contributed by atoms with Crippen LogP contribution >= 0.6 is 0 Å². The summed E-state index contributed by atoms with van der Waals surface area (Å²) in [6.07, 6.45) is 4.09. The Bertz CT molecular complexity index is 938. The van der Waals surface area contributed by atoms with Crippen molar-refractivity contribution in [2.45, 2.75) is 19.8 Å². The highest BCUT2D eigenvalue weighted by atomic mass is 16.5. The number of benzene rings is 2. The van der Waals surface area contributed by atoms with Crippen LogP contribution in [0.2, 0.25) is 0 Å². The van der Waals surface area contributed by atoms with Crippen LogP contribution in [0.4, 0.5) is 28.8 Å². The van der Waals surface area contributed by atoms with E-state index >= 15 is 0 Å². The largest absolute Gasteiger partial charge is 0.495 e. The van der Waals surface area contributed by atoms with Crippen LogP contribution in [0.25, 0.3) is 0 Å². The highest BCUT2D eigenvalue weighted by Gasteiger charge is 2.15. The molecule has 1 aliphatic rings. The van der Waals surface area contributed by atoms with Crippen molar-refractivity contribution in [1.29, 1.82) is 0 Å². The van der Waals surface area contributed by atoms with Crippen LogP contribution in [0.5, 0.6) is 5.75 Å². The van der Waals surface area contributed by atoms with Crippen molar-refractivity contribution in [1.82, 2.24) is 15.2 Å². The number of nitrogens with one attached hydrogen (secondary N) is 2. The van der Waals surface area contributed by atoms with Gasteiger partial charge >= 0.3 is 0 Å². The molecule has 7 nitrogen and oxygen atoms in total. The minimum Gasteiger partial charge on any atom is -0.495 e. The summed E-state index contributed by atoms with van der Waals surface area (Å²) >= 11 is 0. The van der Waals surface area contributed by atoms with E-state index in [2.05, 4.69) is 61.9 Å². The molecule has 2 N–H and O–H groups in total. The van der Waals surface area contributed by atoms with Crippen molar-refractivity contribution in [3.05, 3.63) is 54.7 Å². The molecular formula is C22H26N6O. The third kappa shape index (κ3) is 4.74. The van der Waals surface area contributed by atoms with E-state index in [9.17, 15) is 0 Å². The number of piperidine rings is 1. The topological polar surface area (TPSA) is 75.2 Å². The minimum atomic E-state index is 0.435. The molecule has 0 unspecified atom stereocenters. The first-order valence-electron chi connectivity index (χ1n) is 9.93. The molecule has 7 heteroatoms. The van der Waals surface area contributed by atoms with Gasteiger partial charge in [0.15, 0.2) is 5.82 Å². The van der Waals surface area contributed by atoms with Crippen LogP contribution in [-0.4, -0.2) is 35.4 Å². The van der Waals surface area contributed by atoms with Gasteiger partial charge in [-0.25, -0.2) is 0 Å². The summed E-state index contributed by atoms with van der Waals surface area (Å²) in [4.78, 5) is 6.94. The van der Waals surface area contributed by atoms with E-state index in [1.807, 2.05) is 24.3 Å². The number of para-hydroxylation sites is 2. The number of methoxy groups -OCH3 is 1. The van der Waals surface area contributed by atoms with Crippen molar-refractivity contribution in [3.63, 3.8) is 0 Å². The standard InChI is InChI=1S/C22H26N6O/c1-16-11-13-28(14-12-16)18-9-7-17(8-10-18)24-22-26-21(15-23-27-22)25-19-5-3-4-6-20(19)29-2/h3-10,15-16H,11-14H2,1-2H3,(H2,24,25,26,27). The summed E-state index contributed by atoms with van der Waals surface area (Å²) in [6, 6.07) is 16.1. The normalized spacial score (nSPS) is 14.5. The molecule has 1 fully saturated rings. The number of ether oxygens (including phenoxy) is 1. The van der Waals surface area contributed by atoms with E-state index in [1.54, 1.807) is 13.3 Å². The average molecular weight is 390 g/mol. The van der Waals surface area contributed by atoms with E-state index in [4.69, 9.17) is 4.74 Å². The van der Waals surface area contributed by atoms with E-state index in [0.717, 1.165) is 36.1 Å². The maximum Gasteiger partial charge on any atom is 0.249 e. The summed E-state index contributed by atoms with van der Waals surface area (Å²) in [5, 5.41) is 14.6. The summed E-state index contributed by atoms with van der Waals surface area (Å²) in [7, 11) is 1.64. The lowest BCUT2D eigenvalue weighted by Crippen LogP contribution is -2.32. The van der Waals surface area contributed by atoms with Crippen molar-refractivity contribution >= 4 is 28.8 Å². The van der Waals surface area contributed by atoms with Crippen molar-refractivity contribution < 1.29 is 4.74 Å². The van der Waals surface area contributed by atoms with Crippen LogP contribution in [0.15, 0.2) is 54.7 Å². The van der Waals surface area contributed by atoms with Gasteiger partial charge in [0.2, 0.25) is 5.95 Å². The predicted octanol–water partition coefficient (Wildman–Crippen LogP) is 4.60.